The number of nitrogens with one attached hydrogen (secondary N) is 1. The van der Waals surface area contributed by atoms with Crippen LogP contribution < -0.4 is 10.2 Å². The van der Waals surface area contributed by atoms with Crippen LogP contribution in [0.15, 0.2) is 112 Å². The van der Waals surface area contributed by atoms with Crippen LogP contribution in [0.2, 0.25) is 5.02 Å². The lowest BCUT2D eigenvalue weighted by atomic mass is 10.1. The molecule has 1 aliphatic rings. The number of anilines is 3. The molecule has 1 unspecified atom stereocenters. The van der Waals surface area contributed by atoms with Gasteiger partial charge in [0, 0.05) is 25.4 Å². The second-order valence-corrected chi connectivity index (χ2v) is 11.4. The van der Waals surface area contributed by atoms with Crippen LogP contribution >= 0.6 is 35.1 Å². The van der Waals surface area contributed by atoms with E-state index in [2.05, 4.69) is 17.4 Å². The molecule has 2 amide bonds. The van der Waals surface area contributed by atoms with Crippen LogP contribution in [0.1, 0.15) is 18.9 Å². The number of para-hydroxylation sites is 2. The molecule has 37 heavy (non-hydrogen) atoms. The summed E-state index contributed by atoms with van der Waals surface area (Å²) < 4.78 is 0. The van der Waals surface area contributed by atoms with Gasteiger partial charge in [-0.25, -0.2) is 0 Å². The lowest BCUT2D eigenvalue weighted by Crippen LogP contribution is -2.35. The van der Waals surface area contributed by atoms with Crippen molar-refractivity contribution >= 4 is 64.0 Å². The molecule has 0 fully saturated rings. The molecule has 0 radical (unpaired) electrons. The maximum absolute atomic E-state index is 13.9. The molecule has 0 spiro atoms. The first-order valence-electron chi connectivity index (χ1n) is 12.0. The van der Waals surface area contributed by atoms with Crippen molar-refractivity contribution in [2.24, 2.45) is 0 Å². The van der Waals surface area contributed by atoms with Crippen LogP contribution in [0.25, 0.3) is 0 Å². The summed E-state index contributed by atoms with van der Waals surface area (Å²) in [4.78, 5) is 31.3. The van der Waals surface area contributed by atoms with E-state index in [0.717, 1.165) is 37.3 Å². The van der Waals surface area contributed by atoms with E-state index < -0.39 is 0 Å². The zero-order valence-corrected chi connectivity index (χ0v) is 22.6. The summed E-state index contributed by atoms with van der Waals surface area (Å²) in [6.45, 7) is 2.04. The molecule has 1 N–H and O–H groups in total. The van der Waals surface area contributed by atoms with Crippen LogP contribution in [-0.2, 0) is 16.0 Å². The number of hydrogen-bond donors (Lipinski definition) is 1. The zero-order valence-electron chi connectivity index (χ0n) is 20.2. The Morgan fingerprint density at radius 1 is 0.865 bits per heavy atom. The van der Waals surface area contributed by atoms with Gasteiger partial charge in [-0.2, -0.15) is 0 Å². The molecule has 0 aliphatic carbocycles. The third kappa shape index (κ3) is 5.87. The van der Waals surface area contributed by atoms with Crippen molar-refractivity contribution in [2.75, 3.05) is 10.2 Å². The quantitative estimate of drug-likeness (QED) is 0.238. The van der Waals surface area contributed by atoms with E-state index in [1.165, 1.54) is 0 Å². The fraction of sp³-hybridized carbons (Fsp3) is 0.133. The Morgan fingerprint density at radius 2 is 1.46 bits per heavy atom. The SMILES string of the molecule is CCC(Sc1ccc(NC(=O)Cc2ccc(Cl)cc2)cc1)C(=O)N1c2ccccc2Sc2ccccc21. The second kappa shape index (κ2) is 11.5. The molecule has 4 aromatic carbocycles. The Hall–Kier alpha value is -3.19. The number of amides is 2. The van der Waals surface area contributed by atoms with Gasteiger partial charge >= 0.3 is 0 Å². The predicted octanol–water partition coefficient (Wildman–Crippen LogP) is 8.22. The van der Waals surface area contributed by atoms with Crippen LogP contribution in [0.5, 0.6) is 0 Å². The molecule has 7 heteroatoms. The Bertz CT molecular complexity index is 1380. The van der Waals surface area contributed by atoms with E-state index in [9.17, 15) is 9.59 Å². The standard InChI is InChI=1S/C30H25ClN2O2S2/c1-2-26(30(35)33-24-7-3-5-9-27(24)37-28-10-6-4-8-25(28)33)36-23-17-15-22(16-18-23)32-29(34)19-20-11-13-21(31)14-12-20/h3-18,26H,2,19H2,1H3,(H,32,34). The molecule has 1 atom stereocenters. The Kier molecular flexibility index (Phi) is 7.89. The fourth-order valence-corrected chi connectivity index (χ4v) is 6.35. The van der Waals surface area contributed by atoms with E-state index >= 15 is 0 Å². The highest BCUT2D eigenvalue weighted by Gasteiger charge is 2.32. The van der Waals surface area contributed by atoms with Crippen molar-refractivity contribution in [1.29, 1.82) is 0 Å². The van der Waals surface area contributed by atoms with Crippen LogP contribution in [0, 0.1) is 0 Å². The molecule has 0 bridgehead atoms. The minimum atomic E-state index is -0.255. The molecular weight excluding hydrogens is 520 g/mol. The lowest BCUT2D eigenvalue weighted by molar-refractivity contribution is -0.117. The van der Waals surface area contributed by atoms with Crippen molar-refractivity contribution in [3.63, 3.8) is 0 Å². The highest BCUT2D eigenvalue weighted by Crippen LogP contribution is 2.48. The largest absolute Gasteiger partial charge is 0.326 e. The number of rotatable bonds is 7. The third-order valence-electron chi connectivity index (χ3n) is 5.99. The minimum absolute atomic E-state index is 0.0630. The number of halogens is 1. The number of hydrogen-bond acceptors (Lipinski definition) is 4. The number of benzene rings is 4. The zero-order chi connectivity index (χ0) is 25.8. The van der Waals surface area contributed by atoms with Gasteiger partial charge in [-0.3, -0.25) is 14.5 Å². The smallest absolute Gasteiger partial charge is 0.245 e. The van der Waals surface area contributed by atoms with Gasteiger partial charge in [0.1, 0.15) is 0 Å². The first-order valence-corrected chi connectivity index (χ1v) is 14.1. The summed E-state index contributed by atoms with van der Waals surface area (Å²) >= 11 is 9.16. The Labute approximate surface area is 230 Å². The molecule has 0 aromatic heterocycles. The Morgan fingerprint density at radius 3 is 2.05 bits per heavy atom. The van der Waals surface area contributed by atoms with Crippen molar-refractivity contribution in [2.45, 2.75) is 39.7 Å². The summed E-state index contributed by atoms with van der Waals surface area (Å²) in [5.74, 6) is -0.0299. The summed E-state index contributed by atoms with van der Waals surface area (Å²) in [6.07, 6.45) is 0.966. The van der Waals surface area contributed by atoms with Crippen molar-refractivity contribution in [1.82, 2.24) is 0 Å². The molecule has 4 aromatic rings. The number of fused-ring (bicyclic) bond motifs is 2. The van der Waals surface area contributed by atoms with Crippen molar-refractivity contribution < 1.29 is 9.59 Å². The van der Waals surface area contributed by atoms with Gasteiger partial charge in [-0.05, 0) is 72.6 Å². The topological polar surface area (TPSA) is 49.4 Å². The maximum Gasteiger partial charge on any atom is 0.245 e. The van der Waals surface area contributed by atoms with Gasteiger partial charge in [-0.15, -0.1) is 11.8 Å². The van der Waals surface area contributed by atoms with Crippen molar-refractivity contribution in [3.8, 4) is 0 Å². The average molecular weight is 545 g/mol. The van der Waals surface area contributed by atoms with Gasteiger partial charge < -0.3 is 5.32 Å². The molecule has 5 rings (SSSR count). The maximum atomic E-state index is 13.9. The fourth-order valence-electron chi connectivity index (χ4n) is 4.17. The predicted molar refractivity (Wildman–Crippen MR) is 154 cm³/mol. The number of nitrogens with zero attached hydrogens (tertiary/aromatic N) is 1. The van der Waals surface area contributed by atoms with E-state index in [-0.39, 0.29) is 23.5 Å². The second-order valence-electron chi connectivity index (χ2n) is 8.60. The van der Waals surface area contributed by atoms with Crippen LogP contribution in [0.4, 0.5) is 17.1 Å². The molecule has 1 aliphatic heterocycles. The normalized spacial score (nSPS) is 12.9. The summed E-state index contributed by atoms with van der Waals surface area (Å²) in [5.41, 5.74) is 3.47. The first-order chi connectivity index (χ1) is 18.0. The summed E-state index contributed by atoms with van der Waals surface area (Å²) in [5, 5.41) is 3.33. The minimum Gasteiger partial charge on any atom is -0.326 e. The number of thioether (sulfide) groups is 1. The van der Waals surface area contributed by atoms with Gasteiger partial charge in [-0.1, -0.05) is 66.7 Å². The molecule has 1 heterocycles. The molecular formula is C30H25ClN2O2S2. The van der Waals surface area contributed by atoms with E-state index in [0.29, 0.717) is 11.4 Å². The molecule has 186 valence electrons. The number of carbonyl (C=O) groups is 2. The molecule has 0 saturated heterocycles. The van der Waals surface area contributed by atoms with Crippen LogP contribution in [-0.4, -0.2) is 17.1 Å². The summed E-state index contributed by atoms with van der Waals surface area (Å²) in [6, 6.07) is 31.0. The Balaban J connectivity index is 1.28. The molecule has 4 nitrogen and oxygen atoms in total. The van der Waals surface area contributed by atoms with E-state index in [1.54, 1.807) is 35.7 Å². The van der Waals surface area contributed by atoms with Crippen LogP contribution in [0.3, 0.4) is 0 Å². The van der Waals surface area contributed by atoms with Gasteiger partial charge in [0.05, 0.1) is 23.0 Å². The van der Waals surface area contributed by atoms with Gasteiger partial charge in [0.15, 0.2) is 0 Å². The average Bonchev–Trinajstić information content (AvgIpc) is 2.92. The lowest BCUT2D eigenvalue weighted by Gasteiger charge is -2.33. The molecule has 0 saturated carbocycles. The van der Waals surface area contributed by atoms with Gasteiger partial charge in [0.25, 0.3) is 0 Å². The number of carbonyl (C=O) groups excluding carboxylic acids is 2. The summed E-state index contributed by atoms with van der Waals surface area (Å²) in [7, 11) is 0. The first kappa shape index (κ1) is 25.5. The highest BCUT2D eigenvalue weighted by molar-refractivity contribution is 8.00. The van der Waals surface area contributed by atoms with E-state index in [4.69, 9.17) is 11.6 Å². The third-order valence-corrected chi connectivity index (χ3v) is 8.74. The van der Waals surface area contributed by atoms with Gasteiger partial charge in [0.2, 0.25) is 11.8 Å². The highest BCUT2D eigenvalue weighted by atomic mass is 35.5. The van der Waals surface area contributed by atoms with Crippen molar-refractivity contribution in [3.05, 3.63) is 108 Å². The monoisotopic (exact) mass is 544 g/mol. The van der Waals surface area contributed by atoms with E-state index in [1.807, 2.05) is 84.6 Å².